The summed E-state index contributed by atoms with van der Waals surface area (Å²) >= 11 is 0. The lowest BCUT2D eigenvalue weighted by Gasteiger charge is -2.14. The van der Waals surface area contributed by atoms with E-state index in [2.05, 4.69) is 158 Å². The van der Waals surface area contributed by atoms with Crippen molar-refractivity contribution in [3.05, 3.63) is 186 Å². The maximum absolute atomic E-state index is 5.23. The third-order valence-corrected chi connectivity index (χ3v) is 9.36. The topological polar surface area (TPSA) is 51.0 Å². The molecule has 0 radical (unpaired) electrons. The first-order valence-electron chi connectivity index (χ1n) is 17.2. The summed E-state index contributed by atoms with van der Waals surface area (Å²) in [6.07, 6.45) is 3.94. The fraction of sp³-hybridized carbons (Fsp3) is 0.0638. The number of fused-ring (bicyclic) bond motifs is 2. The van der Waals surface area contributed by atoms with Gasteiger partial charge in [0.15, 0.2) is 11.6 Å². The molecule has 0 aliphatic rings. The predicted molar refractivity (Wildman–Crippen MR) is 213 cm³/mol. The highest BCUT2D eigenvalue weighted by molar-refractivity contribution is 6.04. The third-order valence-electron chi connectivity index (χ3n) is 9.36. The Labute approximate surface area is 298 Å². The summed E-state index contributed by atoms with van der Waals surface area (Å²) in [5.41, 5.74) is 11.3. The average Bonchev–Trinajstić information content (AvgIpc) is 3.17. The maximum atomic E-state index is 5.23. The normalized spacial score (nSPS) is 12.1. The zero-order chi connectivity index (χ0) is 34.7. The van der Waals surface area contributed by atoms with Crippen LogP contribution in [0.5, 0.6) is 0 Å². The molecule has 0 N–H and O–H groups in total. The average molecular weight is 657 g/mol. The minimum absolute atomic E-state index is 0.680. The lowest BCUT2D eigenvalue weighted by molar-refractivity contribution is 1.19. The maximum Gasteiger partial charge on any atom is 0.160 e. The van der Waals surface area contributed by atoms with Crippen LogP contribution in [-0.4, -0.2) is 20.7 Å². The van der Waals surface area contributed by atoms with Gasteiger partial charge in [-0.2, -0.15) is 0 Å². The molecule has 4 nitrogen and oxygen atoms in total. The van der Waals surface area contributed by atoms with E-state index >= 15 is 0 Å². The van der Waals surface area contributed by atoms with Crippen LogP contribution in [0.25, 0.3) is 61.0 Å². The smallest absolute Gasteiger partial charge is 0.160 e. The molecule has 0 aliphatic heterocycles. The quantitative estimate of drug-likeness (QED) is 0.160. The van der Waals surface area contributed by atoms with Gasteiger partial charge >= 0.3 is 0 Å². The lowest BCUT2D eigenvalue weighted by Crippen LogP contribution is -1.98. The van der Waals surface area contributed by atoms with E-state index in [1.165, 1.54) is 16.3 Å². The van der Waals surface area contributed by atoms with Gasteiger partial charge < -0.3 is 0 Å². The van der Waals surface area contributed by atoms with Crippen LogP contribution in [0.15, 0.2) is 169 Å². The van der Waals surface area contributed by atoms with Gasteiger partial charge in [0.1, 0.15) is 0 Å². The number of hydrogen-bond donors (Lipinski definition) is 0. The van der Waals surface area contributed by atoms with Crippen molar-refractivity contribution in [1.82, 2.24) is 15.0 Å². The Kier molecular flexibility index (Phi) is 8.57. The van der Waals surface area contributed by atoms with Gasteiger partial charge in [0.2, 0.25) is 0 Å². The first-order valence-corrected chi connectivity index (χ1v) is 17.2. The van der Waals surface area contributed by atoms with Gasteiger partial charge in [-0.1, -0.05) is 140 Å². The number of allylic oxidation sites excluding steroid dienone is 1. The van der Waals surface area contributed by atoms with Gasteiger partial charge in [-0.15, -0.1) is 0 Å². The van der Waals surface area contributed by atoms with Gasteiger partial charge in [-0.05, 0) is 88.4 Å². The van der Waals surface area contributed by atoms with Crippen molar-refractivity contribution in [2.24, 2.45) is 4.99 Å². The highest BCUT2D eigenvalue weighted by Crippen LogP contribution is 2.35. The van der Waals surface area contributed by atoms with Crippen LogP contribution < -0.4 is 0 Å². The monoisotopic (exact) mass is 656 g/mol. The van der Waals surface area contributed by atoms with E-state index in [1.54, 1.807) is 6.20 Å². The molecule has 0 saturated heterocycles. The van der Waals surface area contributed by atoms with Crippen LogP contribution in [0, 0.1) is 13.8 Å². The Morgan fingerprint density at radius 2 is 1.14 bits per heavy atom. The molecule has 0 amide bonds. The van der Waals surface area contributed by atoms with Crippen LogP contribution in [0.4, 0.5) is 5.82 Å². The van der Waals surface area contributed by atoms with Crippen molar-refractivity contribution in [3.8, 4) is 33.9 Å². The second-order valence-electron chi connectivity index (χ2n) is 12.9. The first-order chi connectivity index (χ1) is 25.0. The number of rotatable bonds is 7. The summed E-state index contributed by atoms with van der Waals surface area (Å²) in [4.78, 5) is 19.8. The van der Waals surface area contributed by atoms with Crippen LogP contribution in [0.1, 0.15) is 29.2 Å². The molecular weight excluding hydrogens is 621 g/mol. The van der Waals surface area contributed by atoms with Crippen molar-refractivity contribution in [3.63, 3.8) is 0 Å². The number of nitrogens with zero attached hydrogens (tertiary/aromatic N) is 4. The molecule has 2 heterocycles. The Morgan fingerprint density at radius 1 is 0.569 bits per heavy atom. The number of pyridine rings is 1. The zero-order valence-electron chi connectivity index (χ0n) is 28.9. The molecule has 244 valence electrons. The SMILES string of the molecule is CC(/C=C(/c1ccc(-c2nc(-c3cccc4ccccc34)cc(-c3cccc4ccccc34)n2)cc1)c1ccccc1C)=Nc1ncccc1C. The Hall–Kier alpha value is -6.52. The van der Waals surface area contributed by atoms with Gasteiger partial charge in [0.25, 0.3) is 0 Å². The van der Waals surface area contributed by atoms with Crippen LogP contribution in [0.3, 0.4) is 0 Å². The second kappa shape index (κ2) is 13.8. The molecule has 0 saturated carbocycles. The summed E-state index contributed by atoms with van der Waals surface area (Å²) in [6, 6.07) is 52.9. The Balaban J connectivity index is 1.27. The minimum Gasteiger partial charge on any atom is -0.237 e. The molecule has 0 fully saturated rings. The fourth-order valence-corrected chi connectivity index (χ4v) is 6.74. The third kappa shape index (κ3) is 6.48. The standard InChI is InChI=1S/C47H36N4/c1-31-13-4-7-19-38(31)43(29-33(3)49-46-32(2)14-12-28-48-46)36-24-26-37(27-25-36)47-50-44(41-22-10-17-34-15-5-8-20-39(34)41)30-45(51-47)42-23-11-18-35-16-6-9-21-40(35)42/h4-30H,1-3H3/b43-29-,49-33?. The largest absolute Gasteiger partial charge is 0.237 e. The first kappa shape index (κ1) is 31.7. The Bertz CT molecular complexity index is 2510. The summed E-state index contributed by atoms with van der Waals surface area (Å²) in [5.74, 6) is 1.41. The molecule has 0 unspecified atom stereocenters. The van der Waals surface area contributed by atoms with E-state index < -0.39 is 0 Å². The predicted octanol–water partition coefficient (Wildman–Crippen LogP) is 12.0. The molecule has 8 aromatic rings. The summed E-state index contributed by atoms with van der Waals surface area (Å²) < 4.78 is 0. The van der Waals surface area contributed by atoms with Gasteiger partial charge in [-0.25, -0.2) is 19.9 Å². The zero-order valence-corrected chi connectivity index (χ0v) is 28.9. The van der Waals surface area contributed by atoms with Gasteiger partial charge in [-0.3, -0.25) is 0 Å². The molecule has 0 atom stereocenters. The van der Waals surface area contributed by atoms with Crippen LogP contribution in [0.2, 0.25) is 0 Å². The molecule has 51 heavy (non-hydrogen) atoms. The molecule has 4 heteroatoms. The molecule has 6 aromatic carbocycles. The van der Waals surface area contributed by atoms with Gasteiger partial charge in [0.05, 0.1) is 11.4 Å². The van der Waals surface area contributed by atoms with Crippen molar-refractivity contribution in [2.75, 3.05) is 0 Å². The summed E-state index contributed by atoms with van der Waals surface area (Å²) in [7, 11) is 0. The van der Waals surface area contributed by atoms with Crippen molar-refractivity contribution < 1.29 is 0 Å². The van der Waals surface area contributed by atoms with Crippen molar-refractivity contribution in [1.29, 1.82) is 0 Å². The molecule has 0 bridgehead atoms. The fourth-order valence-electron chi connectivity index (χ4n) is 6.74. The number of hydrogen-bond acceptors (Lipinski definition) is 4. The van der Waals surface area contributed by atoms with E-state index in [-0.39, 0.29) is 0 Å². The Morgan fingerprint density at radius 3 is 1.76 bits per heavy atom. The summed E-state index contributed by atoms with van der Waals surface area (Å²) in [6.45, 7) is 6.21. The van der Waals surface area contributed by atoms with E-state index in [1.807, 2.05) is 26.0 Å². The van der Waals surface area contributed by atoms with E-state index in [4.69, 9.17) is 15.0 Å². The highest BCUT2D eigenvalue weighted by atomic mass is 14.9. The van der Waals surface area contributed by atoms with Crippen LogP contribution >= 0.6 is 0 Å². The minimum atomic E-state index is 0.680. The van der Waals surface area contributed by atoms with E-state index in [0.717, 1.165) is 72.6 Å². The van der Waals surface area contributed by atoms with Crippen LogP contribution in [-0.2, 0) is 0 Å². The lowest BCUT2D eigenvalue weighted by atomic mass is 9.92. The molecule has 2 aromatic heterocycles. The highest BCUT2D eigenvalue weighted by Gasteiger charge is 2.15. The number of aliphatic imine (C=N–C) groups is 1. The summed E-state index contributed by atoms with van der Waals surface area (Å²) in [5, 5.41) is 4.68. The van der Waals surface area contributed by atoms with Crippen molar-refractivity contribution >= 4 is 38.6 Å². The van der Waals surface area contributed by atoms with Crippen molar-refractivity contribution in [2.45, 2.75) is 20.8 Å². The number of aromatic nitrogens is 3. The number of aryl methyl sites for hydroxylation is 2. The van der Waals surface area contributed by atoms with Gasteiger partial charge in [0, 0.05) is 28.6 Å². The molecule has 8 rings (SSSR count). The van der Waals surface area contributed by atoms with E-state index in [0.29, 0.717) is 5.82 Å². The molecule has 0 spiro atoms. The molecule has 0 aliphatic carbocycles. The number of benzene rings is 6. The molecular formula is C47H36N4. The van der Waals surface area contributed by atoms with E-state index in [9.17, 15) is 0 Å². The second-order valence-corrected chi connectivity index (χ2v) is 12.9.